The molecule has 98 valence electrons. The molecule has 1 aromatic rings. The van der Waals surface area contributed by atoms with Crippen molar-refractivity contribution in [2.75, 3.05) is 6.61 Å². The van der Waals surface area contributed by atoms with E-state index in [1.807, 2.05) is 18.2 Å². The molecule has 0 aliphatic rings. The number of hydrogen-bond acceptors (Lipinski definition) is 3. The molecule has 0 heterocycles. The molecule has 1 rings (SSSR count). The number of rotatable bonds is 8. The summed E-state index contributed by atoms with van der Waals surface area (Å²) >= 11 is 0. The van der Waals surface area contributed by atoms with Crippen LogP contribution in [0.5, 0.6) is 0 Å². The normalized spacial score (nSPS) is 10.1. The third-order valence-electron chi connectivity index (χ3n) is 2.67. The van der Waals surface area contributed by atoms with Crippen LogP contribution >= 0.6 is 0 Å². The average Bonchev–Trinajstić information content (AvgIpc) is 2.38. The van der Waals surface area contributed by atoms with Crippen LogP contribution in [0.3, 0.4) is 0 Å². The Morgan fingerprint density at radius 3 is 2.33 bits per heavy atom. The SMILES string of the molecule is CC(=O)CCCCCCOC(=O)c1ccccc1. The average molecular weight is 248 g/mol. The van der Waals surface area contributed by atoms with Crippen LogP contribution in [0.4, 0.5) is 0 Å². The summed E-state index contributed by atoms with van der Waals surface area (Å²) in [6, 6.07) is 8.99. The van der Waals surface area contributed by atoms with Gasteiger partial charge in [-0.15, -0.1) is 0 Å². The Morgan fingerprint density at radius 2 is 1.67 bits per heavy atom. The Morgan fingerprint density at radius 1 is 1.00 bits per heavy atom. The van der Waals surface area contributed by atoms with Crippen LogP contribution in [0.1, 0.15) is 49.4 Å². The van der Waals surface area contributed by atoms with Crippen LogP contribution < -0.4 is 0 Å². The summed E-state index contributed by atoms with van der Waals surface area (Å²) in [6.07, 6.45) is 4.46. The van der Waals surface area contributed by atoms with Crippen LogP contribution in [0.15, 0.2) is 30.3 Å². The van der Waals surface area contributed by atoms with E-state index in [9.17, 15) is 9.59 Å². The van der Waals surface area contributed by atoms with Crippen LogP contribution in [0, 0.1) is 0 Å². The molecule has 0 spiro atoms. The summed E-state index contributed by atoms with van der Waals surface area (Å²) in [5.41, 5.74) is 0.592. The minimum Gasteiger partial charge on any atom is -0.462 e. The minimum atomic E-state index is -0.265. The zero-order valence-electron chi connectivity index (χ0n) is 10.9. The maximum atomic E-state index is 11.6. The maximum Gasteiger partial charge on any atom is 0.338 e. The van der Waals surface area contributed by atoms with Gasteiger partial charge in [-0.2, -0.15) is 0 Å². The number of Topliss-reactive ketones (excluding diaryl/α,β-unsaturated/α-hetero) is 1. The minimum absolute atomic E-state index is 0.241. The largest absolute Gasteiger partial charge is 0.462 e. The monoisotopic (exact) mass is 248 g/mol. The molecule has 3 heteroatoms. The van der Waals surface area contributed by atoms with Crippen molar-refractivity contribution >= 4 is 11.8 Å². The third kappa shape index (κ3) is 6.18. The fourth-order valence-corrected chi connectivity index (χ4v) is 1.65. The van der Waals surface area contributed by atoms with E-state index in [1.54, 1.807) is 19.1 Å². The van der Waals surface area contributed by atoms with E-state index in [4.69, 9.17) is 4.74 Å². The number of carbonyl (C=O) groups excluding carboxylic acids is 2. The topological polar surface area (TPSA) is 43.4 Å². The number of benzene rings is 1. The lowest BCUT2D eigenvalue weighted by atomic mass is 10.1. The molecule has 0 aromatic heterocycles. The number of unbranched alkanes of at least 4 members (excludes halogenated alkanes) is 3. The van der Waals surface area contributed by atoms with Crippen LogP contribution in [0.2, 0.25) is 0 Å². The number of hydrogen-bond donors (Lipinski definition) is 0. The van der Waals surface area contributed by atoms with Gasteiger partial charge >= 0.3 is 5.97 Å². The Kier molecular flexibility index (Phi) is 6.77. The lowest BCUT2D eigenvalue weighted by Gasteiger charge is -2.04. The van der Waals surface area contributed by atoms with E-state index in [0.717, 1.165) is 25.7 Å². The Balaban J connectivity index is 2.05. The fourth-order valence-electron chi connectivity index (χ4n) is 1.65. The molecule has 0 fully saturated rings. The van der Waals surface area contributed by atoms with Crippen molar-refractivity contribution in [3.8, 4) is 0 Å². The van der Waals surface area contributed by atoms with E-state index in [2.05, 4.69) is 0 Å². The van der Waals surface area contributed by atoms with E-state index in [1.165, 1.54) is 0 Å². The lowest BCUT2D eigenvalue weighted by Crippen LogP contribution is -2.06. The molecule has 1 aromatic carbocycles. The molecule has 18 heavy (non-hydrogen) atoms. The van der Waals surface area contributed by atoms with Crippen molar-refractivity contribution in [2.24, 2.45) is 0 Å². The van der Waals surface area contributed by atoms with Crippen LogP contribution in [0.25, 0.3) is 0 Å². The molecule has 0 aliphatic heterocycles. The molecule has 0 N–H and O–H groups in total. The summed E-state index contributed by atoms with van der Waals surface area (Å²) in [5.74, 6) is -0.0233. The lowest BCUT2D eigenvalue weighted by molar-refractivity contribution is -0.117. The predicted octanol–water partition coefficient (Wildman–Crippen LogP) is 3.38. The summed E-state index contributed by atoms with van der Waals surface area (Å²) < 4.78 is 5.15. The Hall–Kier alpha value is -1.64. The van der Waals surface area contributed by atoms with Crippen molar-refractivity contribution in [1.82, 2.24) is 0 Å². The molecule has 0 unspecified atom stereocenters. The second-order valence-corrected chi connectivity index (χ2v) is 4.37. The molecular formula is C15H20O3. The number of ether oxygens (including phenoxy) is 1. The molecule has 0 aliphatic carbocycles. The Bertz CT molecular complexity index is 371. The van der Waals surface area contributed by atoms with Gasteiger partial charge < -0.3 is 9.53 Å². The summed E-state index contributed by atoms with van der Waals surface area (Å²) in [7, 11) is 0. The van der Waals surface area contributed by atoms with Gasteiger partial charge in [-0.25, -0.2) is 4.79 Å². The number of esters is 1. The zero-order valence-corrected chi connectivity index (χ0v) is 10.9. The highest BCUT2D eigenvalue weighted by molar-refractivity contribution is 5.89. The molecule has 0 saturated carbocycles. The standard InChI is InChI=1S/C15H20O3/c1-13(16)9-5-2-3-8-12-18-15(17)14-10-6-4-7-11-14/h4,6-7,10-11H,2-3,5,8-9,12H2,1H3. The smallest absolute Gasteiger partial charge is 0.338 e. The van der Waals surface area contributed by atoms with Gasteiger partial charge in [-0.05, 0) is 31.9 Å². The van der Waals surface area contributed by atoms with E-state index < -0.39 is 0 Å². The van der Waals surface area contributed by atoms with Crippen molar-refractivity contribution in [1.29, 1.82) is 0 Å². The van der Waals surface area contributed by atoms with Gasteiger partial charge in [0.1, 0.15) is 5.78 Å². The molecule has 0 amide bonds. The van der Waals surface area contributed by atoms with E-state index in [0.29, 0.717) is 18.6 Å². The fraction of sp³-hybridized carbons (Fsp3) is 0.467. The second-order valence-electron chi connectivity index (χ2n) is 4.37. The first-order valence-corrected chi connectivity index (χ1v) is 6.42. The van der Waals surface area contributed by atoms with Gasteiger partial charge in [0.25, 0.3) is 0 Å². The Labute approximate surface area is 108 Å². The first kappa shape index (κ1) is 14.4. The molecule has 3 nitrogen and oxygen atoms in total. The maximum absolute atomic E-state index is 11.6. The van der Waals surface area contributed by atoms with Crippen molar-refractivity contribution in [2.45, 2.75) is 39.0 Å². The molecule has 0 bridgehead atoms. The van der Waals surface area contributed by atoms with Gasteiger partial charge in [0.2, 0.25) is 0 Å². The van der Waals surface area contributed by atoms with Gasteiger partial charge in [0.05, 0.1) is 12.2 Å². The first-order chi connectivity index (χ1) is 8.70. The van der Waals surface area contributed by atoms with E-state index in [-0.39, 0.29) is 11.8 Å². The summed E-state index contributed by atoms with van der Waals surface area (Å²) in [5, 5.41) is 0. The zero-order chi connectivity index (χ0) is 13.2. The molecule has 0 radical (unpaired) electrons. The van der Waals surface area contributed by atoms with Gasteiger partial charge in [-0.1, -0.05) is 31.0 Å². The highest BCUT2D eigenvalue weighted by Gasteiger charge is 2.04. The van der Waals surface area contributed by atoms with Gasteiger partial charge in [-0.3, -0.25) is 0 Å². The van der Waals surface area contributed by atoms with E-state index >= 15 is 0 Å². The molecule has 0 atom stereocenters. The summed E-state index contributed by atoms with van der Waals surface area (Å²) in [6.45, 7) is 2.06. The van der Waals surface area contributed by atoms with Crippen LogP contribution in [-0.2, 0) is 9.53 Å². The van der Waals surface area contributed by atoms with Crippen molar-refractivity contribution in [3.05, 3.63) is 35.9 Å². The van der Waals surface area contributed by atoms with Gasteiger partial charge in [0.15, 0.2) is 0 Å². The molecule has 0 saturated heterocycles. The van der Waals surface area contributed by atoms with Gasteiger partial charge in [0, 0.05) is 6.42 Å². The van der Waals surface area contributed by atoms with Crippen molar-refractivity contribution in [3.63, 3.8) is 0 Å². The predicted molar refractivity (Wildman–Crippen MR) is 70.5 cm³/mol. The summed E-state index contributed by atoms with van der Waals surface area (Å²) in [4.78, 5) is 22.3. The second kappa shape index (κ2) is 8.45. The quantitative estimate of drug-likeness (QED) is 0.523. The highest BCUT2D eigenvalue weighted by Crippen LogP contribution is 2.05. The highest BCUT2D eigenvalue weighted by atomic mass is 16.5. The number of carbonyl (C=O) groups is 2. The van der Waals surface area contributed by atoms with Crippen molar-refractivity contribution < 1.29 is 14.3 Å². The third-order valence-corrected chi connectivity index (χ3v) is 2.67. The molecular weight excluding hydrogens is 228 g/mol. The number of ketones is 1. The van der Waals surface area contributed by atoms with Crippen LogP contribution in [-0.4, -0.2) is 18.4 Å². The first-order valence-electron chi connectivity index (χ1n) is 6.42.